The van der Waals surface area contributed by atoms with Crippen molar-refractivity contribution in [1.29, 1.82) is 0 Å². The van der Waals surface area contributed by atoms with E-state index in [1.54, 1.807) is 32.2 Å². The average Bonchev–Trinajstić information content (AvgIpc) is 3.43. The van der Waals surface area contributed by atoms with Crippen molar-refractivity contribution in [2.45, 2.75) is 45.1 Å². The first-order valence-corrected chi connectivity index (χ1v) is 12.4. The number of carbonyl (C=O) groups is 2. The highest BCUT2D eigenvalue weighted by Crippen LogP contribution is 2.41. The molecule has 1 aromatic carbocycles. The zero-order chi connectivity index (χ0) is 26.5. The van der Waals surface area contributed by atoms with Crippen molar-refractivity contribution in [3.8, 4) is 0 Å². The summed E-state index contributed by atoms with van der Waals surface area (Å²) in [5.74, 6) is -2.97. The lowest BCUT2D eigenvalue weighted by Gasteiger charge is -2.33. The van der Waals surface area contributed by atoms with Gasteiger partial charge in [0.1, 0.15) is 5.92 Å². The first-order chi connectivity index (χ1) is 17.8. The van der Waals surface area contributed by atoms with E-state index in [4.69, 9.17) is 9.47 Å². The van der Waals surface area contributed by atoms with E-state index >= 15 is 0 Å². The molecule has 3 heterocycles. The number of rotatable bonds is 8. The second-order valence-electron chi connectivity index (χ2n) is 9.46. The zero-order valence-electron chi connectivity index (χ0n) is 21.3. The minimum absolute atomic E-state index is 0.138. The second-order valence-corrected chi connectivity index (χ2v) is 9.46. The number of piperidine rings is 1. The van der Waals surface area contributed by atoms with Crippen molar-refractivity contribution in [2.24, 2.45) is 10.9 Å². The Kier molecular flexibility index (Phi) is 8.17. The SMILES string of the molecule is COC(=O)C1C(C)=NC(C)=C(C(=O)OC(CN2CCCCC2)c2ccc[nH]2)C1c1cccc([N+](=O)[O-])c1. The van der Waals surface area contributed by atoms with Crippen LogP contribution in [0.4, 0.5) is 5.69 Å². The fourth-order valence-electron chi connectivity index (χ4n) is 5.24. The maximum absolute atomic E-state index is 13.9. The molecule has 0 aliphatic carbocycles. The predicted molar refractivity (Wildman–Crippen MR) is 137 cm³/mol. The summed E-state index contributed by atoms with van der Waals surface area (Å²) in [7, 11) is 1.27. The molecule has 0 radical (unpaired) electrons. The van der Waals surface area contributed by atoms with Crippen LogP contribution in [0.15, 0.2) is 58.9 Å². The van der Waals surface area contributed by atoms with Gasteiger partial charge in [-0.3, -0.25) is 24.8 Å². The number of aromatic amines is 1. The van der Waals surface area contributed by atoms with Crippen LogP contribution in [0.3, 0.4) is 0 Å². The Morgan fingerprint density at radius 1 is 1.19 bits per heavy atom. The second kappa shape index (κ2) is 11.5. The minimum Gasteiger partial charge on any atom is -0.468 e. The molecule has 1 fully saturated rings. The van der Waals surface area contributed by atoms with Gasteiger partial charge < -0.3 is 14.5 Å². The number of benzene rings is 1. The van der Waals surface area contributed by atoms with Crippen molar-refractivity contribution >= 4 is 23.3 Å². The summed E-state index contributed by atoms with van der Waals surface area (Å²) in [5.41, 5.74) is 2.13. The lowest BCUT2D eigenvalue weighted by Crippen LogP contribution is -2.38. The van der Waals surface area contributed by atoms with E-state index in [-0.39, 0.29) is 11.3 Å². The summed E-state index contributed by atoms with van der Waals surface area (Å²) in [5, 5.41) is 11.5. The maximum Gasteiger partial charge on any atom is 0.337 e. The summed E-state index contributed by atoms with van der Waals surface area (Å²) in [6.45, 7) is 5.77. The molecule has 2 aliphatic rings. The van der Waals surface area contributed by atoms with E-state index in [0.717, 1.165) is 31.6 Å². The van der Waals surface area contributed by atoms with Crippen LogP contribution >= 0.6 is 0 Å². The number of nitro groups is 1. The van der Waals surface area contributed by atoms with Gasteiger partial charge in [0.2, 0.25) is 0 Å². The number of H-pyrrole nitrogens is 1. The Hall–Kier alpha value is -3.79. The number of nitrogens with one attached hydrogen (secondary N) is 1. The van der Waals surface area contributed by atoms with Gasteiger partial charge in [-0.1, -0.05) is 18.6 Å². The number of esters is 2. The van der Waals surface area contributed by atoms with Gasteiger partial charge in [-0.25, -0.2) is 4.79 Å². The number of carbonyl (C=O) groups excluding carboxylic acids is 2. The van der Waals surface area contributed by atoms with E-state index in [1.807, 2.05) is 12.1 Å². The Morgan fingerprint density at radius 3 is 2.59 bits per heavy atom. The standard InChI is InChI=1S/C27H32N4O6/c1-17-23(26(32)36-3)25(19-9-7-10-20(15-19)31(34)35)24(18(2)29-17)27(33)37-22(21-11-8-12-28-21)16-30-13-5-4-6-14-30/h7-12,15,22-23,25,28H,4-6,13-14,16H2,1-3H3. The average molecular weight is 509 g/mol. The molecular formula is C27H32N4O6. The zero-order valence-corrected chi connectivity index (χ0v) is 21.3. The number of aliphatic imine (C=N–C) groups is 1. The number of methoxy groups -OCH3 is 1. The molecule has 0 spiro atoms. The molecule has 0 bridgehead atoms. The molecule has 1 saturated heterocycles. The number of likely N-dealkylation sites (tertiary alicyclic amines) is 1. The normalized spacial score (nSPS) is 21.2. The van der Waals surface area contributed by atoms with E-state index in [0.29, 0.717) is 23.5 Å². The van der Waals surface area contributed by atoms with Crippen molar-refractivity contribution in [1.82, 2.24) is 9.88 Å². The van der Waals surface area contributed by atoms with Crippen molar-refractivity contribution in [2.75, 3.05) is 26.7 Å². The van der Waals surface area contributed by atoms with Gasteiger partial charge in [0.25, 0.3) is 5.69 Å². The number of hydrogen-bond donors (Lipinski definition) is 1. The first kappa shape index (κ1) is 26.3. The molecule has 1 aromatic heterocycles. The van der Waals surface area contributed by atoms with Gasteiger partial charge in [0.05, 0.1) is 23.3 Å². The highest BCUT2D eigenvalue weighted by atomic mass is 16.6. The minimum atomic E-state index is -0.927. The third-order valence-electron chi connectivity index (χ3n) is 7.03. The smallest absolute Gasteiger partial charge is 0.337 e. The van der Waals surface area contributed by atoms with Gasteiger partial charge in [-0.15, -0.1) is 0 Å². The van der Waals surface area contributed by atoms with Crippen LogP contribution in [0.5, 0.6) is 0 Å². The number of aromatic nitrogens is 1. The number of allylic oxidation sites excluding steroid dienone is 1. The van der Waals surface area contributed by atoms with Crippen LogP contribution in [-0.4, -0.2) is 59.2 Å². The van der Waals surface area contributed by atoms with Crippen LogP contribution in [0, 0.1) is 16.0 Å². The molecule has 3 atom stereocenters. The predicted octanol–water partition coefficient (Wildman–Crippen LogP) is 4.31. The lowest BCUT2D eigenvalue weighted by molar-refractivity contribution is -0.384. The van der Waals surface area contributed by atoms with Crippen LogP contribution in [0.1, 0.15) is 56.4 Å². The fraction of sp³-hybridized carbons (Fsp3) is 0.444. The van der Waals surface area contributed by atoms with Gasteiger partial charge in [0, 0.05) is 42.2 Å². The van der Waals surface area contributed by atoms with E-state index in [1.165, 1.54) is 25.7 Å². The van der Waals surface area contributed by atoms with E-state index < -0.39 is 34.8 Å². The van der Waals surface area contributed by atoms with Gasteiger partial charge in [-0.2, -0.15) is 0 Å². The van der Waals surface area contributed by atoms with Crippen LogP contribution in [-0.2, 0) is 19.1 Å². The summed E-state index contributed by atoms with van der Waals surface area (Å²) in [6, 6.07) is 9.69. The summed E-state index contributed by atoms with van der Waals surface area (Å²) < 4.78 is 11.2. The van der Waals surface area contributed by atoms with Gasteiger partial charge in [0.15, 0.2) is 6.10 Å². The van der Waals surface area contributed by atoms with E-state index in [9.17, 15) is 19.7 Å². The van der Waals surface area contributed by atoms with Crippen LogP contribution < -0.4 is 0 Å². The molecule has 1 N–H and O–H groups in total. The topological polar surface area (TPSA) is 127 Å². The third-order valence-corrected chi connectivity index (χ3v) is 7.03. The summed E-state index contributed by atoms with van der Waals surface area (Å²) in [6.07, 6.45) is 4.60. The molecule has 4 rings (SSSR count). The van der Waals surface area contributed by atoms with Crippen LogP contribution in [0.25, 0.3) is 0 Å². The Morgan fingerprint density at radius 2 is 1.95 bits per heavy atom. The van der Waals surface area contributed by atoms with Crippen molar-refractivity contribution < 1.29 is 24.0 Å². The molecule has 196 valence electrons. The monoisotopic (exact) mass is 508 g/mol. The summed E-state index contributed by atoms with van der Waals surface area (Å²) >= 11 is 0. The van der Waals surface area contributed by atoms with Gasteiger partial charge >= 0.3 is 11.9 Å². The molecule has 0 saturated carbocycles. The maximum atomic E-state index is 13.9. The Bertz CT molecular complexity index is 1210. The van der Waals surface area contributed by atoms with Gasteiger partial charge in [-0.05, 0) is 57.5 Å². The van der Waals surface area contributed by atoms with E-state index in [2.05, 4.69) is 14.9 Å². The lowest BCUT2D eigenvalue weighted by atomic mass is 9.75. The molecule has 0 amide bonds. The number of hydrogen-bond acceptors (Lipinski definition) is 8. The number of nitro benzene ring substituents is 1. The number of non-ortho nitro benzene ring substituents is 1. The quantitative estimate of drug-likeness (QED) is 0.320. The Labute approximate surface area is 215 Å². The van der Waals surface area contributed by atoms with Crippen LogP contribution in [0.2, 0.25) is 0 Å². The molecule has 3 unspecified atom stereocenters. The molecule has 2 aliphatic heterocycles. The largest absolute Gasteiger partial charge is 0.468 e. The molecule has 10 nitrogen and oxygen atoms in total. The molecular weight excluding hydrogens is 476 g/mol. The highest BCUT2D eigenvalue weighted by molar-refractivity contribution is 6.07. The van der Waals surface area contributed by atoms with Crippen molar-refractivity contribution in [3.05, 3.63) is 75.2 Å². The third kappa shape index (κ3) is 5.80. The first-order valence-electron chi connectivity index (χ1n) is 12.4. The number of ether oxygens (including phenoxy) is 2. The summed E-state index contributed by atoms with van der Waals surface area (Å²) in [4.78, 5) is 47.7. The molecule has 37 heavy (non-hydrogen) atoms. The van der Waals surface area contributed by atoms with Crippen molar-refractivity contribution in [3.63, 3.8) is 0 Å². The highest BCUT2D eigenvalue weighted by Gasteiger charge is 2.43. The molecule has 2 aromatic rings. The number of nitrogens with zero attached hydrogens (tertiary/aromatic N) is 3. The Balaban J connectivity index is 1.73. The fourth-order valence-corrected chi connectivity index (χ4v) is 5.24. The molecule has 10 heteroatoms.